The summed E-state index contributed by atoms with van der Waals surface area (Å²) in [5.74, 6) is -0.425. The number of benzene rings is 1. The summed E-state index contributed by atoms with van der Waals surface area (Å²) in [6, 6.07) is 6.48. The van der Waals surface area contributed by atoms with Crippen molar-refractivity contribution in [3.8, 4) is 0 Å². The molecule has 0 radical (unpaired) electrons. The SMILES string of the molecule is CCc1cc(C(=O)Cc2cccc(F)c2Br)n(C)n1. The van der Waals surface area contributed by atoms with Crippen LogP contribution in [0.1, 0.15) is 28.7 Å². The number of aryl methyl sites for hydroxylation is 2. The summed E-state index contributed by atoms with van der Waals surface area (Å²) in [5, 5.41) is 4.24. The number of ketones is 1. The maximum atomic E-state index is 13.4. The highest BCUT2D eigenvalue weighted by molar-refractivity contribution is 9.10. The van der Waals surface area contributed by atoms with Gasteiger partial charge >= 0.3 is 0 Å². The molecule has 2 rings (SSSR count). The van der Waals surface area contributed by atoms with E-state index >= 15 is 0 Å². The zero-order valence-electron chi connectivity index (χ0n) is 10.8. The van der Waals surface area contributed by atoms with E-state index in [1.54, 1.807) is 29.9 Å². The van der Waals surface area contributed by atoms with Gasteiger partial charge in [-0.2, -0.15) is 5.10 Å². The number of hydrogen-bond donors (Lipinski definition) is 0. The molecule has 5 heteroatoms. The summed E-state index contributed by atoms with van der Waals surface area (Å²) >= 11 is 3.17. The average molecular weight is 325 g/mol. The summed E-state index contributed by atoms with van der Waals surface area (Å²) < 4.78 is 15.3. The molecule has 19 heavy (non-hydrogen) atoms. The van der Waals surface area contributed by atoms with Crippen molar-refractivity contribution in [1.29, 1.82) is 0 Å². The molecule has 0 fully saturated rings. The Morgan fingerprint density at radius 3 is 2.84 bits per heavy atom. The minimum absolute atomic E-state index is 0.0685. The van der Waals surface area contributed by atoms with Crippen LogP contribution in [0.3, 0.4) is 0 Å². The van der Waals surface area contributed by atoms with E-state index in [4.69, 9.17) is 0 Å². The number of Topliss-reactive ketones (excluding diaryl/α,β-unsaturated/α-hetero) is 1. The van der Waals surface area contributed by atoms with Crippen molar-refractivity contribution in [3.05, 3.63) is 51.5 Å². The Kier molecular flexibility index (Phi) is 4.14. The Hall–Kier alpha value is -1.49. The van der Waals surface area contributed by atoms with Crippen LogP contribution in [0, 0.1) is 5.82 Å². The van der Waals surface area contributed by atoms with Crippen LogP contribution in [-0.4, -0.2) is 15.6 Å². The summed E-state index contributed by atoms with van der Waals surface area (Å²) in [5.41, 5.74) is 2.07. The van der Waals surface area contributed by atoms with E-state index in [2.05, 4.69) is 21.0 Å². The van der Waals surface area contributed by atoms with Crippen molar-refractivity contribution >= 4 is 21.7 Å². The number of rotatable bonds is 4. The highest BCUT2D eigenvalue weighted by Crippen LogP contribution is 2.22. The van der Waals surface area contributed by atoms with Gasteiger partial charge in [0.1, 0.15) is 11.5 Å². The molecule has 2 aromatic rings. The molecule has 0 unspecified atom stereocenters. The Morgan fingerprint density at radius 1 is 1.47 bits per heavy atom. The van der Waals surface area contributed by atoms with Gasteiger partial charge in [-0.3, -0.25) is 9.48 Å². The molecule has 0 N–H and O–H groups in total. The first-order chi connectivity index (χ1) is 9.02. The van der Waals surface area contributed by atoms with Crippen LogP contribution in [-0.2, 0) is 19.9 Å². The summed E-state index contributed by atoms with van der Waals surface area (Å²) in [7, 11) is 1.74. The standard InChI is InChI=1S/C14H14BrFN2O/c1-3-10-8-12(18(2)17-10)13(19)7-9-5-4-6-11(16)14(9)15/h4-6,8H,3,7H2,1-2H3. The minimum Gasteiger partial charge on any atom is -0.292 e. The highest BCUT2D eigenvalue weighted by atomic mass is 79.9. The van der Waals surface area contributed by atoms with Crippen LogP contribution < -0.4 is 0 Å². The Morgan fingerprint density at radius 2 is 2.21 bits per heavy atom. The lowest BCUT2D eigenvalue weighted by atomic mass is 10.1. The summed E-state index contributed by atoms with van der Waals surface area (Å²) in [4.78, 5) is 12.2. The molecule has 0 aliphatic carbocycles. The minimum atomic E-state index is -0.357. The highest BCUT2D eigenvalue weighted by Gasteiger charge is 2.15. The maximum absolute atomic E-state index is 13.4. The first-order valence-electron chi connectivity index (χ1n) is 6.02. The second kappa shape index (κ2) is 5.65. The summed E-state index contributed by atoms with van der Waals surface area (Å²) in [6.07, 6.45) is 0.936. The maximum Gasteiger partial charge on any atom is 0.185 e. The second-order valence-electron chi connectivity index (χ2n) is 4.31. The van der Waals surface area contributed by atoms with Crippen LogP contribution in [0.25, 0.3) is 0 Å². The molecule has 1 aromatic heterocycles. The Balaban J connectivity index is 2.25. The van der Waals surface area contributed by atoms with Gasteiger partial charge in [0.25, 0.3) is 0 Å². The topological polar surface area (TPSA) is 34.9 Å². The van der Waals surface area contributed by atoms with E-state index in [0.717, 1.165) is 12.1 Å². The monoisotopic (exact) mass is 324 g/mol. The van der Waals surface area contributed by atoms with Gasteiger partial charge in [-0.25, -0.2) is 4.39 Å². The molecule has 0 saturated heterocycles. The molecular formula is C14H14BrFN2O. The van der Waals surface area contributed by atoms with Gasteiger partial charge in [0.05, 0.1) is 10.2 Å². The van der Waals surface area contributed by atoms with Crippen LogP contribution >= 0.6 is 15.9 Å². The van der Waals surface area contributed by atoms with Gasteiger partial charge in [0.15, 0.2) is 5.78 Å². The Labute approximate surface area is 119 Å². The van der Waals surface area contributed by atoms with Crippen LogP contribution in [0.15, 0.2) is 28.7 Å². The number of halogens is 2. The first-order valence-corrected chi connectivity index (χ1v) is 6.81. The van der Waals surface area contributed by atoms with Crippen molar-refractivity contribution < 1.29 is 9.18 Å². The molecule has 1 heterocycles. The molecular weight excluding hydrogens is 311 g/mol. The molecule has 0 aliphatic heterocycles. The number of hydrogen-bond acceptors (Lipinski definition) is 2. The molecule has 0 amide bonds. The fourth-order valence-electron chi connectivity index (χ4n) is 1.91. The second-order valence-corrected chi connectivity index (χ2v) is 5.10. The van der Waals surface area contributed by atoms with Crippen LogP contribution in [0.5, 0.6) is 0 Å². The molecule has 0 spiro atoms. The normalized spacial score (nSPS) is 10.7. The van der Waals surface area contributed by atoms with E-state index in [0.29, 0.717) is 15.7 Å². The predicted octanol–water partition coefficient (Wildman–Crippen LogP) is 3.31. The summed E-state index contributed by atoms with van der Waals surface area (Å²) in [6.45, 7) is 1.99. The Bertz CT molecular complexity index is 622. The molecule has 100 valence electrons. The van der Waals surface area contributed by atoms with Gasteiger partial charge in [-0.05, 0) is 40.0 Å². The number of carbonyl (C=O) groups is 1. The lowest BCUT2D eigenvalue weighted by molar-refractivity contribution is 0.0984. The van der Waals surface area contributed by atoms with Gasteiger partial charge < -0.3 is 0 Å². The fraction of sp³-hybridized carbons (Fsp3) is 0.286. The molecule has 0 saturated carbocycles. The van der Waals surface area contributed by atoms with E-state index in [1.807, 2.05) is 6.92 Å². The predicted molar refractivity (Wildman–Crippen MR) is 74.7 cm³/mol. The first kappa shape index (κ1) is 13.9. The lowest BCUT2D eigenvalue weighted by Crippen LogP contribution is -2.10. The van der Waals surface area contributed by atoms with Crippen LogP contribution in [0.4, 0.5) is 4.39 Å². The number of aromatic nitrogens is 2. The largest absolute Gasteiger partial charge is 0.292 e. The molecule has 3 nitrogen and oxygen atoms in total. The zero-order chi connectivity index (χ0) is 14.0. The van der Waals surface area contributed by atoms with Crippen molar-refractivity contribution in [2.45, 2.75) is 19.8 Å². The average Bonchev–Trinajstić information content (AvgIpc) is 2.76. The molecule has 0 bridgehead atoms. The third-order valence-corrected chi connectivity index (χ3v) is 3.85. The lowest BCUT2D eigenvalue weighted by Gasteiger charge is -2.05. The van der Waals surface area contributed by atoms with Crippen molar-refractivity contribution in [2.75, 3.05) is 0 Å². The molecule has 0 aliphatic rings. The van der Waals surface area contributed by atoms with Crippen molar-refractivity contribution in [3.63, 3.8) is 0 Å². The van der Waals surface area contributed by atoms with Gasteiger partial charge in [-0.1, -0.05) is 19.1 Å². The third-order valence-electron chi connectivity index (χ3n) is 2.96. The van der Waals surface area contributed by atoms with E-state index in [-0.39, 0.29) is 18.0 Å². The third kappa shape index (κ3) is 2.92. The van der Waals surface area contributed by atoms with Crippen LogP contribution in [0.2, 0.25) is 0 Å². The fourth-order valence-corrected chi connectivity index (χ4v) is 2.31. The van der Waals surface area contributed by atoms with E-state index in [9.17, 15) is 9.18 Å². The zero-order valence-corrected chi connectivity index (χ0v) is 12.4. The van der Waals surface area contributed by atoms with Crippen molar-refractivity contribution in [2.24, 2.45) is 7.05 Å². The number of carbonyl (C=O) groups excluding carboxylic acids is 1. The van der Waals surface area contributed by atoms with Gasteiger partial charge in [-0.15, -0.1) is 0 Å². The van der Waals surface area contributed by atoms with E-state index < -0.39 is 0 Å². The molecule has 0 atom stereocenters. The molecule has 1 aromatic carbocycles. The quantitative estimate of drug-likeness (QED) is 0.809. The van der Waals surface area contributed by atoms with E-state index in [1.165, 1.54) is 6.07 Å². The number of nitrogens with zero attached hydrogens (tertiary/aromatic N) is 2. The smallest absolute Gasteiger partial charge is 0.185 e. The van der Waals surface area contributed by atoms with Crippen molar-refractivity contribution in [1.82, 2.24) is 9.78 Å². The van der Waals surface area contributed by atoms with Gasteiger partial charge in [0.2, 0.25) is 0 Å². The van der Waals surface area contributed by atoms with Gasteiger partial charge in [0, 0.05) is 13.5 Å².